The van der Waals surface area contributed by atoms with E-state index < -0.39 is 40.0 Å². The first-order valence-corrected chi connectivity index (χ1v) is 14.2. The number of Topliss-reactive ketones (excluding diaryl/α,β-unsaturated/α-hetero) is 2. The van der Waals surface area contributed by atoms with Gasteiger partial charge < -0.3 is 19.5 Å². The fourth-order valence-corrected chi connectivity index (χ4v) is 6.13. The fraction of sp³-hybridized carbons (Fsp3) is 0.387. The minimum atomic E-state index is -4.79. The summed E-state index contributed by atoms with van der Waals surface area (Å²) >= 11 is 0. The number of nitro benzene ring substituents is 1. The van der Waals surface area contributed by atoms with Gasteiger partial charge in [0.1, 0.15) is 0 Å². The van der Waals surface area contributed by atoms with Crippen molar-refractivity contribution >= 4 is 23.2 Å². The molecule has 2 aromatic carbocycles. The Morgan fingerprint density at radius 3 is 2.14 bits per heavy atom. The number of carbonyl (C=O) groups is 3. The number of rotatable bonds is 9. The van der Waals surface area contributed by atoms with E-state index >= 15 is 0 Å². The molecule has 10 nitrogen and oxygen atoms in total. The van der Waals surface area contributed by atoms with E-state index in [9.17, 15) is 42.8 Å². The van der Waals surface area contributed by atoms with Crippen molar-refractivity contribution in [2.24, 2.45) is 0 Å². The van der Waals surface area contributed by atoms with Crippen LogP contribution in [-0.2, 0) is 20.6 Å². The third kappa shape index (κ3) is 5.90. The average Bonchev–Trinajstić information content (AvgIpc) is 2.96. The molecule has 13 heteroatoms. The second-order valence-electron chi connectivity index (χ2n) is 10.7. The zero-order chi connectivity index (χ0) is 31.8. The van der Waals surface area contributed by atoms with Crippen molar-refractivity contribution in [3.63, 3.8) is 0 Å². The van der Waals surface area contributed by atoms with Crippen LogP contribution in [0.5, 0.6) is 17.2 Å². The summed E-state index contributed by atoms with van der Waals surface area (Å²) < 4.78 is 51.1. The lowest BCUT2D eigenvalue weighted by molar-refractivity contribution is -0.385. The zero-order valence-corrected chi connectivity index (χ0v) is 23.7. The lowest BCUT2D eigenvalue weighted by atomic mass is 9.71. The molecule has 0 atom stereocenters. The highest BCUT2D eigenvalue weighted by atomic mass is 19.4. The number of hydrogen-bond donors (Lipinski definition) is 1. The Kier molecular flexibility index (Phi) is 8.49. The molecule has 0 unspecified atom stereocenters. The Balaban J connectivity index is 1.61. The SMILES string of the molecule is CCOc1cc(C2C3=C(CCCC3=O)N(CCC(=O)O)C3=C2C(=O)CCC3)ccc1Oc1ccc(C(F)(F)F)cc1[N+](=O)[O-]. The predicted octanol–water partition coefficient (Wildman–Crippen LogP) is 6.69. The van der Waals surface area contributed by atoms with Crippen molar-refractivity contribution in [2.45, 2.75) is 64.0 Å². The van der Waals surface area contributed by atoms with Gasteiger partial charge in [0.05, 0.1) is 23.5 Å². The molecule has 0 aromatic heterocycles. The third-order valence-electron chi connectivity index (χ3n) is 7.94. The molecule has 2 aromatic rings. The largest absolute Gasteiger partial charge is 0.490 e. The van der Waals surface area contributed by atoms with Gasteiger partial charge >= 0.3 is 17.8 Å². The van der Waals surface area contributed by atoms with E-state index in [-0.39, 0.29) is 55.5 Å². The topological polar surface area (TPSA) is 136 Å². The van der Waals surface area contributed by atoms with E-state index in [2.05, 4.69) is 0 Å². The van der Waals surface area contributed by atoms with Crippen LogP contribution < -0.4 is 9.47 Å². The maximum atomic E-state index is 13.5. The van der Waals surface area contributed by atoms with Crippen LogP contribution in [0.1, 0.15) is 68.9 Å². The number of alkyl halides is 3. The molecule has 0 amide bonds. The second-order valence-corrected chi connectivity index (χ2v) is 10.7. The Labute approximate surface area is 249 Å². The molecule has 0 saturated heterocycles. The maximum absolute atomic E-state index is 13.5. The Morgan fingerprint density at radius 1 is 0.977 bits per heavy atom. The number of carboxylic acids is 1. The van der Waals surface area contributed by atoms with E-state index in [1.807, 2.05) is 4.90 Å². The van der Waals surface area contributed by atoms with Gasteiger partial charge in [-0.15, -0.1) is 0 Å². The molecule has 2 aliphatic carbocycles. The summed E-state index contributed by atoms with van der Waals surface area (Å²) in [6, 6.07) is 6.57. The number of aliphatic carboxylic acids is 1. The van der Waals surface area contributed by atoms with Gasteiger partial charge in [-0.25, -0.2) is 0 Å². The lowest BCUT2D eigenvalue weighted by Gasteiger charge is -2.44. The molecule has 0 spiro atoms. The first-order valence-electron chi connectivity index (χ1n) is 14.2. The number of halogens is 3. The number of nitro groups is 1. The summed E-state index contributed by atoms with van der Waals surface area (Å²) in [6.07, 6.45) is -2.15. The van der Waals surface area contributed by atoms with Crippen molar-refractivity contribution in [2.75, 3.05) is 13.2 Å². The van der Waals surface area contributed by atoms with Gasteiger partial charge in [-0.1, -0.05) is 6.07 Å². The predicted molar refractivity (Wildman–Crippen MR) is 149 cm³/mol. The molecular formula is C31H29F3N2O8. The highest BCUT2D eigenvalue weighted by Gasteiger charge is 2.43. The van der Waals surface area contributed by atoms with Crippen LogP contribution in [0.25, 0.3) is 0 Å². The van der Waals surface area contributed by atoms with Crippen molar-refractivity contribution in [3.05, 3.63) is 80.2 Å². The van der Waals surface area contributed by atoms with Gasteiger partial charge in [-0.2, -0.15) is 13.2 Å². The number of nitrogens with zero attached hydrogens (tertiary/aromatic N) is 2. The van der Waals surface area contributed by atoms with Gasteiger partial charge in [0, 0.05) is 53.9 Å². The number of benzene rings is 2. The standard InChI is InChI=1S/C31H29F3N2O8/c1-2-43-26-15-17(9-11-25(26)44-24-12-10-18(31(32,33)34)16-21(24)36(41)42)28-29-19(5-3-7-22(29)37)35(14-13-27(39)40)20-6-4-8-23(38)30(20)28/h9-12,15-16,28H,2-8,13-14H2,1H3,(H,39,40). The number of carbonyl (C=O) groups excluding carboxylic acids is 2. The smallest absolute Gasteiger partial charge is 0.416 e. The molecule has 44 heavy (non-hydrogen) atoms. The second kappa shape index (κ2) is 12.1. The molecule has 1 aliphatic heterocycles. The number of ketones is 2. The normalized spacial score (nSPS) is 17.4. The van der Waals surface area contributed by atoms with Crippen molar-refractivity contribution in [3.8, 4) is 17.2 Å². The van der Waals surface area contributed by atoms with Gasteiger partial charge in [0.15, 0.2) is 23.1 Å². The first-order chi connectivity index (χ1) is 20.9. The lowest BCUT2D eigenvalue weighted by Crippen LogP contribution is -2.39. The van der Waals surface area contributed by atoms with E-state index in [1.54, 1.807) is 19.1 Å². The van der Waals surface area contributed by atoms with Gasteiger partial charge in [-0.05, 0) is 62.4 Å². The number of carboxylic acid groups (broad SMARTS) is 1. The molecule has 1 heterocycles. The number of ether oxygens (including phenoxy) is 2. The van der Waals surface area contributed by atoms with Crippen LogP contribution >= 0.6 is 0 Å². The fourth-order valence-electron chi connectivity index (χ4n) is 6.13. The average molecular weight is 615 g/mol. The van der Waals surface area contributed by atoms with Crippen LogP contribution in [0, 0.1) is 10.1 Å². The molecule has 1 N–H and O–H groups in total. The minimum Gasteiger partial charge on any atom is -0.490 e. The highest BCUT2D eigenvalue weighted by Crippen LogP contribution is 2.50. The van der Waals surface area contributed by atoms with Crippen LogP contribution in [0.15, 0.2) is 58.9 Å². The summed E-state index contributed by atoms with van der Waals surface area (Å²) in [7, 11) is 0. The van der Waals surface area contributed by atoms with E-state index in [1.165, 1.54) is 6.07 Å². The quantitative estimate of drug-likeness (QED) is 0.242. The minimum absolute atomic E-state index is 0.00861. The zero-order valence-electron chi connectivity index (χ0n) is 23.7. The highest BCUT2D eigenvalue weighted by molar-refractivity contribution is 6.06. The molecule has 5 rings (SSSR count). The third-order valence-corrected chi connectivity index (χ3v) is 7.94. The van der Waals surface area contributed by atoms with Gasteiger partial charge in [0.25, 0.3) is 0 Å². The molecule has 232 valence electrons. The molecular weight excluding hydrogens is 585 g/mol. The summed E-state index contributed by atoms with van der Waals surface area (Å²) in [5, 5.41) is 21.0. The monoisotopic (exact) mass is 614 g/mol. The maximum Gasteiger partial charge on any atom is 0.416 e. The summed E-state index contributed by atoms with van der Waals surface area (Å²) in [5.74, 6) is -2.33. The van der Waals surface area contributed by atoms with Crippen LogP contribution in [-0.4, -0.2) is 45.6 Å². The molecule has 0 bridgehead atoms. The summed E-state index contributed by atoms with van der Waals surface area (Å²) in [5.41, 5.74) is 0.736. The van der Waals surface area contributed by atoms with Crippen molar-refractivity contribution < 1.29 is 47.1 Å². The van der Waals surface area contributed by atoms with Gasteiger partial charge in [-0.3, -0.25) is 24.5 Å². The number of hydrogen-bond acceptors (Lipinski definition) is 8. The van der Waals surface area contributed by atoms with Gasteiger partial charge in [0.2, 0.25) is 5.75 Å². The summed E-state index contributed by atoms with van der Waals surface area (Å²) in [4.78, 5) is 50.9. The molecule has 0 fully saturated rings. The summed E-state index contributed by atoms with van der Waals surface area (Å²) in [6.45, 7) is 1.96. The van der Waals surface area contributed by atoms with Crippen LogP contribution in [0.2, 0.25) is 0 Å². The molecule has 0 radical (unpaired) electrons. The van der Waals surface area contributed by atoms with E-state index in [0.29, 0.717) is 65.9 Å². The molecule has 3 aliphatic rings. The van der Waals surface area contributed by atoms with E-state index in [0.717, 1.165) is 6.07 Å². The Bertz CT molecular complexity index is 1570. The first kappa shape index (κ1) is 30.8. The molecule has 0 saturated carbocycles. The Hall–Kier alpha value is -4.68. The van der Waals surface area contributed by atoms with Crippen molar-refractivity contribution in [1.29, 1.82) is 0 Å². The van der Waals surface area contributed by atoms with Crippen molar-refractivity contribution in [1.82, 2.24) is 4.90 Å². The van der Waals surface area contributed by atoms with E-state index in [4.69, 9.17) is 9.47 Å². The Morgan fingerprint density at radius 2 is 1.59 bits per heavy atom. The van der Waals surface area contributed by atoms with Crippen LogP contribution in [0.4, 0.5) is 18.9 Å². The number of allylic oxidation sites excluding steroid dienone is 4. The van der Waals surface area contributed by atoms with Crippen LogP contribution in [0.3, 0.4) is 0 Å².